The van der Waals surface area contributed by atoms with Gasteiger partial charge in [0.1, 0.15) is 0 Å². The fourth-order valence-electron chi connectivity index (χ4n) is 2.66. The number of aryl methyl sites for hydroxylation is 1. The van der Waals surface area contributed by atoms with Gasteiger partial charge in [-0.25, -0.2) is 0 Å². The zero-order chi connectivity index (χ0) is 15.9. The maximum atomic E-state index is 11.7. The Hall–Kier alpha value is -1.31. The Bertz CT molecular complexity index is 375. The van der Waals surface area contributed by atoms with Gasteiger partial charge in [-0.05, 0) is 31.2 Å². The molecule has 0 aromatic heterocycles. The van der Waals surface area contributed by atoms with Crippen molar-refractivity contribution in [2.45, 2.75) is 77.6 Å². The van der Waals surface area contributed by atoms with E-state index in [0.717, 1.165) is 32.2 Å². The monoisotopic (exact) mass is 303 g/mol. The van der Waals surface area contributed by atoms with Crippen molar-refractivity contribution in [3.8, 4) is 0 Å². The summed E-state index contributed by atoms with van der Waals surface area (Å²) in [6.07, 6.45) is 12.9. The quantitative estimate of drug-likeness (QED) is 0.494. The number of amides is 1. The molecule has 0 aliphatic rings. The number of hydrogen-bond acceptors (Lipinski definition) is 1. The van der Waals surface area contributed by atoms with Gasteiger partial charge in [0.05, 0.1) is 0 Å². The van der Waals surface area contributed by atoms with Gasteiger partial charge in [-0.2, -0.15) is 0 Å². The van der Waals surface area contributed by atoms with Gasteiger partial charge in [-0.1, -0.05) is 75.8 Å². The maximum Gasteiger partial charge on any atom is 0.219 e. The first kappa shape index (κ1) is 18.7. The van der Waals surface area contributed by atoms with Crippen molar-refractivity contribution in [1.29, 1.82) is 0 Å². The summed E-state index contributed by atoms with van der Waals surface area (Å²) >= 11 is 0. The predicted octanol–water partition coefficient (Wildman–Crippen LogP) is 5.27. The fourth-order valence-corrected chi connectivity index (χ4v) is 2.66. The van der Waals surface area contributed by atoms with Gasteiger partial charge < -0.3 is 5.32 Å². The summed E-state index contributed by atoms with van der Waals surface area (Å²) in [4.78, 5) is 11.7. The Morgan fingerprint density at radius 2 is 1.55 bits per heavy atom. The zero-order valence-electron chi connectivity index (χ0n) is 14.3. The van der Waals surface area contributed by atoms with Crippen molar-refractivity contribution in [2.24, 2.45) is 0 Å². The summed E-state index contributed by atoms with van der Waals surface area (Å²) in [6, 6.07) is 10.5. The Labute approximate surface area is 136 Å². The van der Waals surface area contributed by atoms with Gasteiger partial charge in [0, 0.05) is 13.0 Å². The summed E-state index contributed by atoms with van der Waals surface area (Å²) in [5, 5.41) is 3.04. The van der Waals surface area contributed by atoms with E-state index in [1.54, 1.807) is 0 Å². The third kappa shape index (κ3) is 10.4. The summed E-state index contributed by atoms with van der Waals surface area (Å²) in [6.45, 7) is 3.06. The van der Waals surface area contributed by atoms with Gasteiger partial charge in [0.15, 0.2) is 0 Å². The lowest BCUT2D eigenvalue weighted by Crippen LogP contribution is -2.24. The SMILES string of the molecule is CCCCCCCCCC(=O)NCCCCc1ccccc1. The molecule has 0 bridgehead atoms. The topological polar surface area (TPSA) is 29.1 Å². The predicted molar refractivity (Wildman–Crippen MR) is 95.0 cm³/mol. The standard InChI is InChI=1S/C20H33NO/c1-2-3-4-5-6-7-11-17-20(22)21-18-13-12-16-19-14-9-8-10-15-19/h8-10,14-15H,2-7,11-13,16-18H2,1H3,(H,21,22). The van der Waals surface area contributed by atoms with Crippen molar-refractivity contribution in [1.82, 2.24) is 5.32 Å². The molecule has 0 atom stereocenters. The lowest BCUT2D eigenvalue weighted by molar-refractivity contribution is -0.121. The Morgan fingerprint density at radius 3 is 2.27 bits per heavy atom. The molecule has 1 aromatic rings. The Morgan fingerprint density at radius 1 is 0.864 bits per heavy atom. The molecule has 2 heteroatoms. The minimum Gasteiger partial charge on any atom is -0.356 e. The molecule has 0 unspecified atom stereocenters. The number of rotatable bonds is 13. The first-order valence-electron chi connectivity index (χ1n) is 9.13. The number of nitrogens with one attached hydrogen (secondary N) is 1. The van der Waals surface area contributed by atoms with E-state index in [1.807, 2.05) is 6.07 Å². The molecular weight excluding hydrogens is 270 g/mol. The van der Waals surface area contributed by atoms with Crippen molar-refractivity contribution >= 4 is 5.91 Å². The lowest BCUT2D eigenvalue weighted by atomic mass is 10.1. The van der Waals surface area contributed by atoms with Crippen LogP contribution in [0.4, 0.5) is 0 Å². The second-order valence-electron chi connectivity index (χ2n) is 6.16. The minimum atomic E-state index is 0.230. The highest BCUT2D eigenvalue weighted by molar-refractivity contribution is 5.75. The second-order valence-corrected chi connectivity index (χ2v) is 6.16. The van der Waals surface area contributed by atoms with Crippen LogP contribution in [-0.4, -0.2) is 12.5 Å². The van der Waals surface area contributed by atoms with Crippen molar-refractivity contribution in [2.75, 3.05) is 6.54 Å². The van der Waals surface area contributed by atoms with Crippen LogP contribution < -0.4 is 5.32 Å². The summed E-state index contributed by atoms with van der Waals surface area (Å²) < 4.78 is 0. The van der Waals surface area contributed by atoms with Crippen LogP contribution in [0.1, 0.15) is 76.7 Å². The molecule has 1 aromatic carbocycles. The van der Waals surface area contributed by atoms with Crippen molar-refractivity contribution < 1.29 is 4.79 Å². The summed E-state index contributed by atoms with van der Waals surface area (Å²) in [7, 11) is 0. The van der Waals surface area contributed by atoms with Crippen LogP contribution in [0.3, 0.4) is 0 Å². The molecule has 1 N–H and O–H groups in total. The number of benzene rings is 1. The zero-order valence-corrected chi connectivity index (χ0v) is 14.3. The molecular formula is C20H33NO. The average molecular weight is 303 g/mol. The first-order chi connectivity index (χ1) is 10.8. The molecule has 0 fully saturated rings. The molecule has 0 radical (unpaired) electrons. The third-order valence-electron chi connectivity index (χ3n) is 4.06. The summed E-state index contributed by atoms with van der Waals surface area (Å²) in [5.74, 6) is 0.230. The first-order valence-corrected chi connectivity index (χ1v) is 9.13. The molecule has 0 saturated carbocycles. The van der Waals surface area contributed by atoms with Crippen LogP contribution in [0.25, 0.3) is 0 Å². The fraction of sp³-hybridized carbons (Fsp3) is 0.650. The van der Waals surface area contributed by atoms with Crippen LogP contribution in [0.5, 0.6) is 0 Å². The number of carbonyl (C=O) groups is 1. The largest absolute Gasteiger partial charge is 0.356 e. The smallest absolute Gasteiger partial charge is 0.219 e. The van der Waals surface area contributed by atoms with Crippen LogP contribution >= 0.6 is 0 Å². The highest BCUT2D eigenvalue weighted by atomic mass is 16.1. The Balaban J connectivity index is 1.87. The average Bonchev–Trinajstić information content (AvgIpc) is 2.54. The molecule has 22 heavy (non-hydrogen) atoms. The molecule has 0 aliphatic carbocycles. The molecule has 0 saturated heterocycles. The highest BCUT2D eigenvalue weighted by Gasteiger charge is 2.00. The van der Waals surface area contributed by atoms with Gasteiger partial charge in [0.25, 0.3) is 0 Å². The highest BCUT2D eigenvalue weighted by Crippen LogP contribution is 2.08. The normalized spacial score (nSPS) is 10.6. The van der Waals surface area contributed by atoms with Gasteiger partial charge in [-0.15, -0.1) is 0 Å². The molecule has 1 rings (SSSR count). The number of carbonyl (C=O) groups excluding carboxylic acids is 1. The van der Waals surface area contributed by atoms with E-state index in [4.69, 9.17) is 0 Å². The van der Waals surface area contributed by atoms with Crippen LogP contribution in [0.15, 0.2) is 30.3 Å². The van der Waals surface area contributed by atoms with Crippen LogP contribution in [0, 0.1) is 0 Å². The number of unbranched alkanes of at least 4 members (excludes halogenated alkanes) is 7. The van der Waals surface area contributed by atoms with E-state index < -0.39 is 0 Å². The van der Waals surface area contributed by atoms with Gasteiger partial charge in [0.2, 0.25) is 5.91 Å². The molecule has 124 valence electrons. The molecule has 2 nitrogen and oxygen atoms in total. The van der Waals surface area contributed by atoms with Crippen molar-refractivity contribution in [3.05, 3.63) is 35.9 Å². The van der Waals surface area contributed by atoms with E-state index in [1.165, 1.54) is 44.1 Å². The van der Waals surface area contributed by atoms with E-state index in [-0.39, 0.29) is 5.91 Å². The Kier molecular flexibility index (Phi) is 11.4. The molecule has 1 amide bonds. The van der Waals surface area contributed by atoms with E-state index in [0.29, 0.717) is 6.42 Å². The molecule has 0 aliphatic heterocycles. The van der Waals surface area contributed by atoms with E-state index in [2.05, 4.69) is 36.5 Å². The molecule has 0 heterocycles. The van der Waals surface area contributed by atoms with Crippen molar-refractivity contribution in [3.63, 3.8) is 0 Å². The van der Waals surface area contributed by atoms with Gasteiger partial charge in [-0.3, -0.25) is 4.79 Å². The van der Waals surface area contributed by atoms with E-state index >= 15 is 0 Å². The van der Waals surface area contributed by atoms with Gasteiger partial charge >= 0.3 is 0 Å². The van der Waals surface area contributed by atoms with E-state index in [9.17, 15) is 4.79 Å². The minimum absolute atomic E-state index is 0.230. The maximum absolute atomic E-state index is 11.7. The van der Waals surface area contributed by atoms with Crippen LogP contribution in [0.2, 0.25) is 0 Å². The molecule has 0 spiro atoms. The van der Waals surface area contributed by atoms with Crippen LogP contribution in [-0.2, 0) is 11.2 Å². The second kappa shape index (κ2) is 13.4. The lowest BCUT2D eigenvalue weighted by Gasteiger charge is -2.05. The summed E-state index contributed by atoms with van der Waals surface area (Å²) in [5.41, 5.74) is 1.39. The third-order valence-corrected chi connectivity index (χ3v) is 4.06. The number of hydrogen-bond donors (Lipinski definition) is 1.